The van der Waals surface area contributed by atoms with Crippen LogP contribution in [-0.2, 0) is 14.8 Å². The SMILES string of the molecule is Cc1ccc(S(=O)(=O)N2C(=O)[C@@H](c3ccccc3)[C@@H]2c2ccc(Br)cc2)cc1. The van der Waals surface area contributed by atoms with Gasteiger partial charge in [-0.3, -0.25) is 4.79 Å². The molecule has 1 aliphatic heterocycles. The van der Waals surface area contributed by atoms with Crippen LogP contribution in [0.3, 0.4) is 0 Å². The summed E-state index contributed by atoms with van der Waals surface area (Å²) in [7, 11) is -3.94. The average Bonchev–Trinajstić information content (AvgIpc) is 2.68. The maximum Gasteiger partial charge on any atom is 0.267 e. The third kappa shape index (κ3) is 3.16. The molecule has 4 rings (SSSR count). The molecular formula is C22H18BrNO3S. The van der Waals surface area contributed by atoms with Crippen molar-refractivity contribution in [2.45, 2.75) is 23.8 Å². The molecular weight excluding hydrogens is 438 g/mol. The summed E-state index contributed by atoms with van der Waals surface area (Å²) in [5, 5.41) is 0. The second-order valence-corrected chi connectivity index (χ2v) is 9.57. The summed E-state index contributed by atoms with van der Waals surface area (Å²) in [6, 6.07) is 22.7. The van der Waals surface area contributed by atoms with E-state index in [1.165, 1.54) is 0 Å². The van der Waals surface area contributed by atoms with Gasteiger partial charge in [-0.1, -0.05) is 76.1 Å². The molecule has 0 N–H and O–H groups in total. The van der Waals surface area contributed by atoms with E-state index in [2.05, 4.69) is 15.9 Å². The van der Waals surface area contributed by atoms with Gasteiger partial charge in [-0.15, -0.1) is 0 Å². The number of sulfonamides is 1. The number of hydrogen-bond donors (Lipinski definition) is 0. The third-order valence-electron chi connectivity index (χ3n) is 5.00. The van der Waals surface area contributed by atoms with Gasteiger partial charge >= 0.3 is 0 Å². The van der Waals surface area contributed by atoms with Gasteiger partial charge in [0.05, 0.1) is 16.9 Å². The van der Waals surface area contributed by atoms with E-state index in [4.69, 9.17) is 0 Å². The molecule has 0 radical (unpaired) electrons. The molecule has 6 heteroatoms. The van der Waals surface area contributed by atoms with Crippen LogP contribution in [-0.4, -0.2) is 18.6 Å². The summed E-state index contributed by atoms with van der Waals surface area (Å²) >= 11 is 3.41. The fraction of sp³-hybridized carbons (Fsp3) is 0.136. The van der Waals surface area contributed by atoms with Crippen LogP contribution >= 0.6 is 15.9 Å². The average molecular weight is 456 g/mol. The van der Waals surface area contributed by atoms with E-state index < -0.39 is 27.9 Å². The van der Waals surface area contributed by atoms with E-state index in [-0.39, 0.29) is 4.90 Å². The number of carbonyl (C=O) groups excluding carboxylic acids is 1. The predicted octanol–water partition coefficient (Wildman–Crippen LogP) is 4.81. The fourth-order valence-electron chi connectivity index (χ4n) is 3.53. The monoisotopic (exact) mass is 455 g/mol. The van der Waals surface area contributed by atoms with Gasteiger partial charge in [0.1, 0.15) is 0 Å². The second kappa shape index (κ2) is 7.18. The number of amides is 1. The van der Waals surface area contributed by atoms with Crippen molar-refractivity contribution in [2.24, 2.45) is 0 Å². The van der Waals surface area contributed by atoms with Crippen molar-refractivity contribution in [3.8, 4) is 0 Å². The summed E-state index contributed by atoms with van der Waals surface area (Å²) in [6.07, 6.45) is 0. The Morgan fingerprint density at radius 2 is 1.43 bits per heavy atom. The first-order valence-corrected chi connectivity index (χ1v) is 11.1. The zero-order chi connectivity index (χ0) is 19.9. The van der Waals surface area contributed by atoms with Crippen molar-refractivity contribution in [3.05, 3.63) is 100 Å². The summed E-state index contributed by atoms with van der Waals surface area (Å²) in [5.74, 6) is -0.928. The Morgan fingerprint density at radius 1 is 0.821 bits per heavy atom. The van der Waals surface area contributed by atoms with Crippen LogP contribution in [0, 0.1) is 6.92 Å². The van der Waals surface area contributed by atoms with Crippen LogP contribution < -0.4 is 0 Å². The Balaban J connectivity index is 1.80. The summed E-state index contributed by atoms with van der Waals surface area (Å²) in [5.41, 5.74) is 2.56. The number of carbonyl (C=O) groups is 1. The van der Waals surface area contributed by atoms with E-state index in [9.17, 15) is 13.2 Å². The molecule has 142 valence electrons. The normalized spacial score (nSPS) is 19.4. The number of nitrogens with zero attached hydrogens (tertiary/aromatic N) is 1. The number of β-lactam (4-membered cyclic amide) rings is 1. The first-order chi connectivity index (χ1) is 13.4. The van der Waals surface area contributed by atoms with E-state index in [0.29, 0.717) is 0 Å². The van der Waals surface area contributed by atoms with E-state index in [0.717, 1.165) is 25.5 Å². The van der Waals surface area contributed by atoms with Crippen molar-refractivity contribution >= 4 is 31.9 Å². The van der Waals surface area contributed by atoms with Crippen LogP contribution in [0.5, 0.6) is 0 Å². The van der Waals surface area contributed by atoms with E-state index in [1.807, 2.05) is 61.5 Å². The molecule has 2 atom stereocenters. The molecule has 1 amide bonds. The van der Waals surface area contributed by atoms with Gasteiger partial charge in [0.25, 0.3) is 10.0 Å². The molecule has 1 fully saturated rings. The summed E-state index contributed by atoms with van der Waals surface area (Å²) in [4.78, 5) is 13.2. The summed E-state index contributed by atoms with van der Waals surface area (Å²) < 4.78 is 28.4. The van der Waals surface area contributed by atoms with E-state index in [1.54, 1.807) is 24.3 Å². The third-order valence-corrected chi connectivity index (χ3v) is 7.32. The molecule has 0 saturated carbocycles. The molecule has 3 aromatic carbocycles. The molecule has 0 unspecified atom stereocenters. The molecule has 0 aromatic heterocycles. The van der Waals surface area contributed by atoms with Crippen LogP contribution in [0.1, 0.15) is 28.7 Å². The van der Waals surface area contributed by atoms with Crippen LogP contribution in [0.15, 0.2) is 88.2 Å². The molecule has 1 aliphatic rings. The van der Waals surface area contributed by atoms with Crippen molar-refractivity contribution in [1.29, 1.82) is 0 Å². The van der Waals surface area contributed by atoms with Crippen LogP contribution in [0.25, 0.3) is 0 Å². The number of rotatable bonds is 4. The maximum atomic E-state index is 13.3. The van der Waals surface area contributed by atoms with E-state index >= 15 is 0 Å². The molecule has 28 heavy (non-hydrogen) atoms. The Morgan fingerprint density at radius 3 is 2.04 bits per heavy atom. The lowest BCUT2D eigenvalue weighted by atomic mass is 9.80. The van der Waals surface area contributed by atoms with Crippen molar-refractivity contribution in [2.75, 3.05) is 0 Å². The number of aryl methyl sites for hydroxylation is 1. The Hall–Kier alpha value is -2.44. The number of halogens is 1. The van der Waals surface area contributed by atoms with Crippen molar-refractivity contribution in [3.63, 3.8) is 0 Å². The number of hydrogen-bond acceptors (Lipinski definition) is 3. The predicted molar refractivity (Wildman–Crippen MR) is 111 cm³/mol. The smallest absolute Gasteiger partial charge is 0.267 e. The Kier molecular flexibility index (Phi) is 4.85. The van der Waals surface area contributed by atoms with Gasteiger partial charge in [0.2, 0.25) is 5.91 Å². The number of benzene rings is 3. The van der Waals surface area contributed by atoms with Gasteiger partial charge in [-0.25, -0.2) is 12.7 Å². The lowest BCUT2D eigenvalue weighted by Crippen LogP contribution is -2.55. The van der Waals surface area contributed by atoms with Crippen molar-refractivity contribution < 1.29 is 13.2 Å². The highest BCUT2D eigenvalue weighted by atomic mass is 79.9. The quantitative estimate of drug-likeness (QED) is 0.530. The first kappa shape index (κ1) is 18.9. The molecule has 3 aromatic rings. The minimum atomic E-state index is -3.94. The van der Waals surface area contributed by atoms with Gasteiger partial charge in [0.15, 0.2) is 0 Å². The minimum Gasteiger partial charge on any atom is -0.273 e. The van der Waals surface area contributed by atoms with Crippen molar-refractivity contribution in [1.82, 2.24) is 4.31 Å². The second-order valence-electron chi connectivity index (χ2n) is 6.84. The molecule has 1 heterocycles. The minimum absolute atomic E-state index is 0.125. The molecule has 0 aliphatic carbocycles. The lowest BCUT2D eigenvalue weighted by molar-refractivity contribution is -0.141. The lowest BCUT2D eigenvalue weighted by Gasteiger charge is -2.46. The fourth-order valence-corrected chi connectivity index (χ4v) is 5.39. The summed E-state index contributed by atoms with van der Waals surface area (Å²) in [6.45, 7) is 1.89. The first-order valence-electron chi connectivity index (χ1n) is 8.85. The highest BCUT2D eigenvalue weighted by Crippen LogP contribution is 2.49. The maximum absolute atomic E-state index is 13.3. The van der Waals surface area contributed by atoms with Gasteiger partial charge in [-0.05, 0) is 42.3 Å². The largest absolute Gasteiger partial charge is 0.273 e. The Bertz CT molecular complexity index is 1110. The highest BCUT2D eigenvalue weighted by Gasteiger charge is 2.54. The van der Waals surface area contributed by atoms with Gasteiger partial charge in [0, 0.05) is 4.47 Å². The van der Waals surface area contributed by atoms with Crippen LogP contribution in [0.2, 0.25) is 0 Å². The molecule has 0 bridgehead atoms. The zero-order valence-corrected chi connectivity index (χ0v) is 17.5. The highest BCUT2D eigenvalue weighted by molar-refractivity contribution is 9.10. The van der Waals surface area contributed by atoms with Gasteiger partial charge in [-0.2, -0.15) is 0 Å². The molecule has 1 saturated heterocycles. The molecule has 0 spiro atoms. The Labute approximate surface area is 173 Å². The van der Waals surface area contributed by atoms with Crippen LogP contribution in [0.4, 0.5) is 0 Å². The topological polar surface area (TPSA) is 54.5 Å². The standard InChI is InChI=1S/C22H18BrNO3S/c1-15-7-13-19(14-8-15)28(26,27)24-21(17-9-11-18(23)12-10-17)20(22(24)25)16-5-3-2-4-6-16/h2-14,20-21H,1H3/t20-,21-/m0/s1. The molecule has 4 nitrogen and oxygen atoms in total. The van der Waals surface area contributed by atoms with Gasteiger partial charge < -0.3 is 0 Å². The zero-order valence-electron chi connectivity index (χ0n) is 15.1.